The number of hydrogen-bond donors (Lipinski definition) is 0. The fourth-order valence-electron chi connectivity index (χ4n) is 5.65. The predicted molar refractivity (Wildman–Crippen MR) is 135 cm³/mol. The molecule has 1 aliphatic rings. The second kappa shape index (κ2) is 7.14. The van der Waals surface area contributed by atoms with Crippen molar-refractivity contribution in [1.82, 2.24) is 9.55 Å². The molecule has 0 spiro atoms. The van der Waals surface area contributed by atoms with Crippen LogP contribution in [0.25, 0.3) is 39.2 Å². The molecular formula is C30H28N3+. The molecule has 2 heterocycles. The zero-order valence-electron chi connectivity index (χ0n) is 19.9. The normalized spacial score (nSPS) is 12.3. The van der Waals surface area contributed by atoms with Gasteiger partial charge in [0.05, 0.1) is 18.3 Å². The molecule has 3 nitrogen and oxygen atoms in total. The second-order valence-electron chi connectivity index (χ2n) is 9.36. The fraction of sp³-hybridized carbons (Fsp3) is 0.200. The second-order valence-corrected chi connectivity index (χ2v) is 9.36. The van der Waals surface area contributed by atoms with Crippen LogP contribution in [-0.4, -0.2) is 9.55 Å². The lowest BCUT2D eigenvalue weighted by Crippen LogP contribution is -2.31. The zero-order chi connectivity index (χ0) is 22.9. The summed E-state index contributed by atoms with van der Waals surface area (Å²) in [6, 6.07) is 24.2. The summed E-state index contributed by atoms with van der Waals surface area (Å²) in [4.78, 5) is 4.88. The number of benzene rings is 3. The molecule has 0 radical (unpaired) electrons. The molecule has 33 heavy (non-hydrogen) atoms. The largest absolute Gasteiger partial charge is 0.295 e. The van der Waals surface area contributed by atoms with Crippen molar-refractivity contribution in [3.05, 3.63) is 100 Å². The Morgan fingerprint density at radius 1 is 0.727 bits per heavy atom. The third-order valence-electron chi connectivity index (χ3n) is 7.16. The number of rotatable bonds is 2. The molecule has 5 aromatic rings. The smallest absolute Gasteiger partial charge is 0.257 e. The van der Waals surface area contributed by atoms with Crippen molar-refractivity contribution in [3.63, 3.8) is 0 Å². The van der Waals surface area contributed by atoms with E-state index in [2.05, 4.69) is 111 Å². The Hall–Kier alpha value is -3.72. The first-order valence-electron chi connectivity index (χ1n) is 11.6. The van der Waals surface area contributed by atoms with E-state index in [1.807, 2.05) is 0 Å². The van der Waals surface area contributed by atoms with Crippen LogP contribution >= 0.6 is 0 Å². The molecule has 0 fully saturated rings. The van der Waals surface area contributed by atoms with Gasteiger partial charge in [0.15, 0.2) is 11.0 Å². The van der Waals surface area contributed by atoms with E-state index in [1.54, 1.807) is 0 Å². The summed E-state index contributed by atoms with van der Waals surface area (Å²) in [6.45, 7) is 8.71. The van der Waals surface area contributed by atoms with Gasteiger partial charge in [-0.05, 0) is 74.2 Å². The summed E-state index contributed by atoms with van der Waals surface area (Å²) in [5, 5.41) is 0. The molecule has 3 aromatic carbocycles. The third-order valence-corrected chi connectivity index (χ3v) is 7.16. The Morgan fingerprint density at radius 2 is 1.42 bits per heavy atom. The van der Waals surface area contributed by atoms with Gasteiger partial charge in [-0.15, -0.1) is 0 Å². The monoisotopic (exact) mass is 430 g/mol. The molecule has 0 saturated carbocycles. The van der Waals surface area contributed by atoms with E-state index >= 15 is 0 Å². The van der Waals surface area contributed by atoms with Gasteiger partial charge in [0.1, 0.15) is 5.69 Å². The SMILES string of the molecule is Cc1ccc2c(n1)Cc1c-2ccc2c1[n+](C)c(-c1ccccc1C)n2-c1c(C)cccc1C. The maximum absolute atomic E-state index is 4.88. The lowest BCUT2D eigenvalue weighted by atomic mass is 10.0. The zero-order valence-corrected chi connectivity index (χ0v) is 19.9. The molecule has 0 aliphatic heterocycles. The van der Waals surface area contributed by atoms with Crippen LogP contribution in [0.1, 0.15) is 33.6 Å². The summed E-state index contributed by atoms with van der Waals surface area (Å²) in [6.07, 6.45) is 0.876. The topological polar surface area (TPSA) is 21.7 Å². The summed E-state index contributed by atoms with van der Waals surface area (Å²) >= 11 is 0. The van der Waals surface area contributed by atoms with Crippen LogP contribution in [0.3, 0.4) is 0 Å². The van der Waals surface area contributed by atoms with Crippen molar-refractivity contribution in [2.45, 2.75) is 34.1 Å². The molecule has 0 saturated heterocycles. The summed E-state index contributed by atoms with van der Waals surface area (Å²) in [5.41, 5.74) is 15.1. The number of hydrogen-bond acceptors (Lipinski definition) is 1. The van der Waals surface area contributed by atoms with Crippen LogP contribution in [0, 0.1) is 27.7 Å². The maximum atomic E-state index is 4.88. The van der Waals surface area contributed by atoms with Crippen LogP contribution in [0.5, 0.6) is 0 Å². The average Bonchev–Trinajstić information content (AvgIpc) is 3.29. The lowest BCUT2D eigenvalue weighted by molar-refractivity contribution is -0.634. The number of aryl methyl sites for hydroxylation is 5. The quantitative estimate of drug-likeness (QED) is 0.295. The van der Waals surface area contributed by atoms with E-state index in [9.17, 15) is 0 Å². The molecule has 6 rings (SSSR count). The molecular weight excluding hydrogens is 402 g/mol. The molecule has 0 N–H and O–H groups in total. The number of imidazole rings is 1. The van der Waals surface area contributed by atoms with Gasteiger partial charge in [0, 0.05) is 23.2 Å². The summed E-state index contributed by atoms with van der Waals surface area (Å²) in [5.74, 6) is 1.22. The number of fused-ring (bicyclic) bond motifs is 5. The Balaban J connectivity index is 1.76. The molecule has 162 valence electrons. The van der Waals surface area contributed by atoms with E-state index in [4.69, 9.17) is 4.98 Å². The van der Waals surface area contributed by atoms with Crippen molar-refractivity contribution < 1.29 is 4.57 Å². The van der Waals surface area contributed by atoms with E-state index < -0.39 is 0 Å². The van der Waals surface area contributed by atoms with Gasteiger partial charge < -0.3 is 0 Å². The Labute approximate surface area is 195 Å². The van der Waals surface area contributed by atoms with Gasteiger partial charge in [-0.3, -0.25) is 4.98 Å². The Kier molecular flexibility index (Phi) is 4.31. The van der Waals surface area contributed by atoms with Crippen molar-refractivity contribution in [3.8, 4) is 28.2 Å². The number of aromatic nitrogens is 3. The minimum atomic E-state index is 0.876. The molecule has 0 bridgehead atoms. The van der Waals surface area contributed by atoms with Gasteiger partial charge in [-0.25, -0.2) is 4.57 Å². The van der Waals surface area contributed by atoms with Gasteiger partial charge in [0.25, 0.3) is 5.82 Å². The first kappa shape index (κ1) is 19.9. The van der Waals surface area contributed by atoms with Crippen LogP contribution in [0.2, 0.25) is 0 Å². The van der Waals surface area contributed by atoms with Crippen LogP contribution in [0.15, 0.2) is 66.7 Å². The van der Waals surface area contributed by atoms with Crippen LogP contribution in [0.4, 0.5) is 0 Å². The maximum Gasteiger partial charge on any atom is 0.295 e. The third kappa shape index (κ3) is 2.82. The highest BCUT2D eigenvalue weighted by Gasteiger charge is 2.33. The Bertz CT molecular complexity index is 1570. The van der Waals surface area contributed by atoms with E-state index in [0.29, 0.717) is 0 Å². The highest BCUT2D eigenvalue weighted by molar-refractivity contribution is 5.92. The molecule has 1 aliphatic carbocycles. The first-order valence-corrected chi connectivity index (χ1v) is 11.6. The van der Waals surface area contributed by atoms with Gasteiger partial charge in [0.2, 0.25) is 0 Å². The van der Waals surface area contributed by atoms with Gasteiger partial charge >= 0.3 is 0 Å². The Morgan fingerprint density at radius 3 is 2.18 bits per heavy atom. The molecule has 0 amide bonds. The van der Waals surface area contributed by atoms with Crippen molar-refractivity contribution in [2.24, 2.45) is 7.05 Å². The van der Waals surface area contributed by atoms with Crippen LogP contribution < -0.4 is 4.57 Å². The molecule has 0 atom stereocenters. The molecule has 0 unspecified atom stereocenters. The first-order chi connectivity index (χ1) is 16.0. The summed E-state index contributed by atoms with van der Waals surface area (Å²) < 4.78 is 4.88. The van der Waals surface area contributed by atoms with E-state index in [1.165, 1.54) is 67.2 Å². The number of para-hydroxylation sites is 1. The lowest BCUT2D eigenvalue weighted by Gasteiger charge is -2.10. The highest BCUT2D eigenvalue weighted by Crippen LogP contribution is 2.41. The van der Waals surface area contributed by atoms with Crippen LogP contribution in [-0.2, 0) is 13.5 Å². The summed E-state index contributed by atoms with van der Waals surface area (Å²) in [7, 11) is 2.22. The van der Waals surface area contributed by atoms with Crippen molar-refractivity contribution >= 4 is 11.0 Å². The molecule has 3 heteroatoms. The minimum absolute atomic E-state index is 0.876. The van der Waals surface area contributed by atoms with Crippen molar-refractivity contribution in [1.29, 1.82) is 0 Å². The van der Waals surface area contributed by atoms with E-state index in [-0.39, 0.29) is 0 Å². The van der Waals surface area contributed by atoms with E-state index in [0.717, 1.165) is 12.1 Å². The predicted octanol–water partition coefficient (Wildman–Crippen LogP) is 6.32. The number of nitrogens with zero attached hydrogens (tertiary/aromatic N) is 3. The molecule has 2 aromatic heterocycles. The van der Waals surface area contributed by atoms with Gasteiger partial charge in [-0.1, -0.05) is 42.5 Å². The fourth-order valence-corrected chi connectivity index (χ4v) is 5.65. The standard InChI is InChI=1S/C30H28N3/c1-18-9-6-7-12-22(18)30-32(5)29-25-17-26-24(14-13-21(4)31-26)23(25)15-16-27(29)33(30)28-19(2)10-8-11-20(28)3/h6-16H,17H2,1-5H3/q+1. The minimum Gasteiger partial charge on any atom is -0.257 e. The van der Waals surface area contributed by atoms with Crippen molar-refractivity contribution in [2.75, 3.05) is 0 Å². The average molecular weight is 431 g/mol. The van der Waals surface area contributed by atoms with Gasteiger partial charge in [-0.2, -0.15) is 4.57 Å². The highest BCUT2D eigenvalue weighted by atomic mass is 15.2. The number of pyridine rings is 1.